The summed E-state index contributed by atoms with van der Waals surface area (Å²) in [4.78, 5) is 13.5. The molecular formula is C12H17FN2O. The third-order valence-corrected chi connectivity index (χ3v) is 2.48. The fourth-order valence-corrected chi connectivity index (χ4v) is 1.46. The molecule has 1 amide bonds. The molecule has 0 aliphatic carbocycles. The lowest BCUT2D eigenvalue weighted by Gasteiger charge is -2.23. The molecule has 0 radical (unpaired) electrons. The maximum Gasteiger partial charge on any atom is 0.243 e. The first-order chi connectivity index (χ1) is 7.60. The topological polar surface area (TPSA) is 46.3 Å². The highest BCUT2D eigenvalue weighted by Gasteiger charge is 2.19. The highest BCUT2D eigenvalue weighted by molar-refractivity contribution is 5.96. The number of rotatable bonds is 4. The van der Waals surface area contributed by atoms with Gasteiger partial charge in [0.05, 0.1) is 6.04 Å². The van der Waals surface area contributed by atoms with Gasteiger partial charge in [-0.3, -0.25) is 4.79 Å². The van der Waals surface area contributed by atoms with Crippen LogP contribution in [0.5, 0.6) is 0 Å². The molecule has 0 aromatic heterocycles. The quantitative estimate of drug-likeness (QED) is 0.849. The van der Waals surface area contributed by atoms with Crippen molar-refractivity contribution in [2.24, 2.45) is 5.73 Å². The standard InChI is InChI=1S/C12H17FN2O/c1-3-11(14)12(16)15(4-2)10-7-5-9(13)6-8-10/h5-8,11H,3-4,14H2,1-2H3/t11-/m0/s1. The maximum absolute atomic E-state index is 12.8. The SMILES string of the molecule is CC[C@H](N)C(=O)N(CC)c1ccc(F)cc1. The van der Waals surface area contributed by atoms with E-state index in [9.17, 15) is 9.18 Å². The van der Waals surface area contributed by atoms with Gasteiger partial charge in [0.15, 0.2) is 0 Å². The van der Waals surface area contributed by atoms with Gasteiger partial charge in [0.25, 0.3) is 0 Å². The zero-order valence-corrected chi connectivity index (χ0v) is 9.61. The normalized spacial score (nSPS) is 12.2. The van der Waals surface area contributed by atoms with Crippen LogP contribution in [0, 0.1) is 5.82 Å². The van der Waals surface area contributed by atoms with Crippen molar-refractivity contribution in [1.82, 2.24) is 0 Å². The van der Waals surface area contributed by atoms with Crippen LogP contribution in [-0.2, 0) is 4.79 Å². The molecule has 0 unspecified atom stereocenters. The van der Waals surface area contributed by atoms with E-state index in [1.165, 1.54) is 12.1 Å². The van der Waals surface area contributed by atoms with E-state index in [1.807, 2.05) is 13.8 Å². The zero-order valence-electron chi connectivity index (χ0n) is 9.61. The number of likely N-dealkylation sites (N-methyl/N-ethyl adjacent to an activating group) is 1. The molecule has 3 nitrogen and oxygen atoms in total. The summed E-state index contributed by atoms with van der Waals surface area (Å²) in [6, 6.07) is 5.34. The largest absolute Gasteiger partial charge is 0.320 e. The van der Waals surface area contributed by atoms with Crippen molar-refractivity contribution in [1.29, 1.82) is 0 Å². The Morgan fingerprint density at radius 1 is 1.38 bits per heavy atom. The molecule has 4 heteroatoms. The average Bonchev–Trinajstić information content (AvgIpc) is 2.31. The number of benzene rings is 1. The number of nitrogens with two attached hydrogens (primary N) is 1. The van der Waals surface area contributed by atoms with Gasteiger partial charge in [-0.15, -0.1) is 0 Å². The van der Waals surface area contributed by atoms with E-state index in [-0.39, 0.29) is 11.7 Å². The highest BCUT2D eigenvalue weighted by Crippen LogP contribution is 2.15. The molecule has 16 heavy (non-hydrogen) atoms. The van der Waals surface area contributed by atoms with Crippen LogP contribution < -0.4 is 10.6 Å². The summed E-state index contributed by atoms with van der Waals surface area (Å²) in [5.74, 6) is -0.441. The van der Waals surface area contributed by atoms with Gasteiger partial charge in [-0.2, -0.15) is 0 Å². The van der Waals surface area contributed by atoms with Gasteiger partial charge in [0.2, 0.25) is 5.91 Å². The predicted molar refractivity (Wildman–Crippen MR) is 62.7 cm³/mol. The van der Waals surface area contributed by atoms with Crippen molar-refractivity contribution in [3.63, 3.8) is 0 Å². The minimum atomic E-state index is -0.495. The molecule has 1 rings (SSSR count). The third kappa shape index (κ3) is 2.79. The Labute approximate surface area is 95.0 Å². The summed E-state index contributed by atoms with van der Waals surface area (Å²) < 4.78 is 12.8. The van der Waals surface area contributed by atoms with Crippen molar-refractivity contribution >= 4 is 11.6 Å². The summed E-state index contributed by atoms with van der Waals surface area (Å²) in [7, 11) is 0. The van der Waals surface area contributed by atoms with Gasteiger partial charge in [-0.25, -0.2) is 4.39 Å². The molecule has 1 aromatic rings. The minimum Gasteiger partial charge on any atom is -0.320 e. The molecule has 0 bridgehead atoms. The smallest absolute Gasteiger partial charge is 0.243 e. The van der Waals surface area contributed by atoms with Gasteiger partial charge in [0, 0.05) is 12.2 Å². The number of anilines is 1. The molecule has 0 spiro atoms. The Kier molecular flexibility index (Phi) is 4.43. The highest BCUT2D eigenvalue weighted by atomic mass is 19.1. The lowest BCUT2D eigenvalue weighted by Crippen LogP contribution is -2.43. The Hall–Kier alpha value is -1.42. The number of nitrogens with zero attached hydrogens (tertiary/aromatic N) is 1. The Morgan fingerprint density at radius 2 is 1.94 bits per heavy atom. The number of hydrogen-bond donors (Lipinski definition) is 1. The zero-order chi connectivity index (χ0) is 12.1. The van der Waals surface area contributed by atoms with Crippen molar-refractivity contribution < 1.29 is 9.18 Å². The minimum absolute atomic E-state index is 0.128. The summed E-state index contributed by atoms with van der Waals surface area (Å²) in [6.07, 6.45) is 0.594. The van der Waals surface area contributed by atoms with Crippen LogP contribution in [0.4, 0.5) is 10.1 Å². The second-order valence-corrected chi connectivity index (χ2v) is 3.57. The Balaban J connectivity index is 2.90. The first-order valence-corrected chi connectivity index (χ1v) is 5.42. The molecule has 1 atom stereocenters. The molecule has 0 aliphatic heterocycles. The van der Waals surface area contributed by atoms with Crippen molar-refractivity contribution in [3.05, 3.63) is 30.1 Å². The number of carbonyl (C=O) groups is 1. The number of hydrogen-bond acceptors (Lipinski definition) is 2. The number of halogens is 1. The van der Waals surface area contributed by atoms with Crippen LogP contribution in [0.25, 0.3) is 0 Å². The fourth-order valence-electron chi connectivity index (χ4n) is 1.46. The van der Waals surface area contributed by atoms with Gasteiger partial charge in [-0.05, 0) is 37.6 Å². The monoisotopic (exact) mass is 224 g/mol. The average molecular weight is 224 g/mol. The van der Waals surface area contributed by atoms with E-state index in [0.29, 0.717) is 18.7 Å². The van der Waals surface area contributed by atoms with Crippen molar-refractivity contribution in [2.75, 3.05) is 11.4 Å². The Morgan fingerprint density at radius 3 is 2.38 bits per heavy atom. The van der Waals surface area contributed by atoms with Crippen LogP contribution in [-0.4, -0.2) is 18.5 Å². The molecule has 0 saturated heterocycles. The number of amides is 1. The molecular weight excluding hydrogens is 207 g/mol. The van der Waals surface area contributed by atoms with Gasteiger partial charge >= 0.3 is 0 Å². The van der Waals surface area contributed by atoms with E-state index in [0.717, 1.165) is 0 Å². The summed E-state index contributed by atoms with van der Waals surface area (Å²) >= 11 is 0. The van der Waals surface area contributed by atoms with E-state index in [4.69, 9.17) is 5.73 Å². The van der Waals surface area contributed by atoms with Gasteiger partial charge < -0.3 is 10.6 Å². The van der Waals surface area contributed by atoms with Crippen molar-refractivity contribution in [3.8, 4) is 0 Å². The predicted octanol–water partition coefficient (Wildman–Crippen LogP) is 1.92. The molecule has 88 valence electrons. The Bertz CT molecular complexity index is 351. The van der Waals surface area contributed by atoms with Crippen LogP contribution in [0.3, 0.4) is 0 Å². The second kappa shape index (κ2) is 5.61. The van der Waals surface area contributed by atoms with Crippen LogP contribution in [0.1, 0.15) is 20.3 Å². The molecule has 1 aromatic carbocycles. The third-order valence-electron chi connectivity index (χ3n) is 2.48. The van der Waals surface area contributed by atoms with Crippen LogP contribution in [0.15, 0.2) is 24.3 Å². The fraction of sp³-hybridized carbons (Fsp3) is 0.417. The lowest BCUT2D eigenvalue weighted by molar-refractivity contribution is -0.119. The maximum atomic E-state index is 12.8. The van der Waals surface area contributed by atoms with E-state index in [1.54, 1.807) is 17.0 Å². The molecule has 2 N–H and O–H groups in total. The van der Waals surface area contributed by atoms with Gasteiger partial charge in [-0.1, -0.05) is 6.92 Å². The molecule has 0 aliphatic rings. The van der Waals surface area contributed by atoms with E-state index in [2.05, 4.69) is 0 Å². The molecule has 0 heterocycles. The van der Waals surface area contributed by atoms with Crippen LogP contribution in [0.2, 0.25) is 0 Å². The number of carbonyl (C=O) groups excluding carboxylic acids is 1. The second-order valence-electron chi connectivity index (χ2n) is 3.57. The summed E-state index contributed by atoms with van der Waals surface area (Å²) in [6.45, 7) is 4.25. The van der Waals surface area contributed by atoms with E-state index >= 15 is 0 Å². The summed E-state index contributed by atoms with van der Waals surface area (Å²) in [5, 5.41) is 0. The lowest BCUT2D eigenvalue weighted by atomic mass is 10.2. The first-order valence-electron chi connectivity index (χ1n) is 5.42. The van der Waals surface area contributed by atoms with E-state index < -0.39 is 6.04 Å². The van der Waals surface area contributed by atoms with Gasteiger partial charge in [0.1, 0.15) is 5.82 Å². The van der Waals surface area contributed by atoms with Crippen molar-refractivity contribution in [2.45, 2.75) is 26.3 Å². The van der Waals surface area contributed by atoms with Crippen LogP contribution >= 0.6 is 0 Å². The summed E-state index contributed by atoms with van der Waals surface area (Å²) in [5.41, 5.74) is 6.37. The molecule has 0 fully saturated rings. The first kappa shape index (κ1) is 12.6. The molecule has 0 saturated carbocycles.